The first-order chi connectivity index (χ1) is 7.66. The molecule has 4 heteroatoms. The summed E-state index contributed by atoms with van der Waals surface area (Å²) < 4.78 is 0. The van der Waals surface area contributed by atoms with Gasteiger partial charge in [-0.3, -0.25) is 0 Å². The maximum atomic E-state index is 11.0. The molecule has 0 saturated carbocycles. The van der Waals surface area contributed by atoms with Crippen LogP contribution in [0, 0.1) is 5.21 Å². The summed E-state index contributed by atoms with van der Waals surface area (Å²) in [7, 11) is 0. The quantitative estimate of drug-likeness (QED) is 0.716. The Hall–Kier alpha value is -1.91. The molecule has 0 bridgehead atoms. The van der Waals surface area contributed by atoms with Crippen LogP contribution in [0.4, 0.5) is 0 Å². The molecule has 2 N–H and O–H groups in total. The molecule has 4 nitrogen and oxygen atoms in total. The van der Waals surface area contributed by atoms with Crippen molar-refractivity contribution in [3.05, 3.63) is 59.0 Å². The van der Waals surface area contributed by atoms with Crippen LogP contribution >= 0.6 is 0 Å². The number of carbonyl (C=O) groups is 1. The monoisotopic (exact) mass is 217 g/mol. The predicted octanol–water partition coefficient (Wildman–Crippen LogP) is 0.678. The Balaban J connectivity index is 2.23. The van der Waals surface area contributed by atoms with Gasteiger partial charge in [-0.1, -0.05) is 12.1 Å². The third-order valence-corrected chi connectivity index (χ3v) is 2.44. The van der Waals surface area contributed by atoms with Gasteiger partial charge in [-0.25, -0.2) is 4.79 Å². The van der Waals surface area contributed by atoms with Crippen molar-refractivity contribution in [2.24, 2.45) is 0 Å². The number of nitrogens with one attached hydrogen (secondary N) is 1. The lowest BCUT2D eigenvalue weighted by atomic mass is 10.0. The summed E-state index contributed by atoms with van der Waals surface area (Å²) in [4.78, 5) is 10.7. The van der Waals surface area contributed by atoms with Crippen molar-refractivity contribution in [2.45, 2.75) is 0 Å². The fraction of sp³-hybridized carbons (Fsp3) is 0.0833. The standard InChI is InChI=1S/C12H11NO3/c14-12(15)11-3-1-9(2-4-11)10-5-7-13(16)8-6-10/h1-7,13H,8H2,(H,14,15). The molecule has 0 amide bonds. The Morgan fingerprint density at radius 3 is 2.50 bits per heavy atom. The van der Waals surface area contributed by atoms with Crippen LogP contribution in [0.5, 0.6) is 0 Å². The van der Waals surface area contributed by atoms with Gasteiger partial charge in [0.15, 0.2) is 0 Å². The molecule has 0 radical (unpaired) electrons. The average molecular weight is 217 g/mol. The molecule has 0 saturated heterocycles. The molecule has 0 spiro atoms. The summed E-state index contributed by atoms with van der Waals surface area (Å²) in [6.07, 6.45) is 5.14. The van der Waals surface area contributed by atoms with E-state index in [1.807, 2.05) is 6.08 Å². The molecule has 1 aromatic rings. The summed E-state index contributed by atoms with van der Waals surface area (Å²) in [6.45, 7) is 0.409. The molecule has 1 atom stereocenters. The van der Waals surface area contributed by atoms with Crippen molar-refractivity contribution in [3.63, 3.8) is 0 Å². The Morgan fingerprint density at radius 2 is 2.00 bits per heavy atom. The molecule has 2 rings (SSSR count). The molecule has 1 aliphatic heterocycles. The van der Waals surface area contributed by atoms with Crippen LogP contribution in [0.2, 0.25) is 0 Å². The normalized spacial score (nSPS) is 19.3. The van der Waals surface area contributed by atoms with Gasteiger partial charge in [0.25, 0.3) is 0 Å². The van der Waals surface area contributed by atoms with Gasteiger partial charge in [-0.2, -0.15) is 0 Å². The minimum Gasteiger partial charge on any atom is -0.629 e. The number of allylic oxidation sites excluding steroid dienone is 2. The predicted molar refractivity (Wildman–Crippen MR) is 59.7 cm³/mol. The van der Waals surface area contributed by atoms with Crippen LogP contribution in [0.1, 0.15) is 15.9 Å². The highest BCUT2D eigenvalue weighted by molar-refractivity contribution is 5.88. The van der Waals surface area contributed by atoms with Crippen molar-refractivity contribution in [1.29, 1.82) is 0 Å². The molecule has 1 heterocycles. The van der Waals surface area contributed by atoms with E-state index in [4.69, 9.17) is 5.11 Å². The summed E-state index contributed by atoms with van der Waals surface area (Å²) in [5, 5.41) is 19.8. The van der Waals surface area contributed by atoms with Crippen molar-refractivity contribution >= 4 is 11.5 Å². The zero-order valence-electron chi connectivity index (χ0n) is 8.51. The lowest BCUT2D eigenvalue weighted by molar-refractivity contribution is -0.784. The van der Waals surface area contributed by atoms with E-state index >= 15 is 0 Å². The zero-order valence-corrected chi connectivity index (χ0v) is 8.51. The van der Waals surface area contributed by atoms with Crippen LogP contribution < -0.4 is 5.06 Å². The van der Waals surface area contributed by atoms with Gasteiger partial charge in [0.1, 0.15) is 6.54 Å². The van der Waals surface area contributed by atoms with Gasteiger partial charge in [0, 0.05) is 0 Å². The lowest BCUT2D eigenvalue weighted by Crippen LogP contribution is -3.02. The zero-order chi connectivity index (χ0) is 11.5. The van der Waals surface area contributed by atoms with Crippen molar-refractivity contribution in [1.82, 2.24) is 0 Å². The summed E-state index contributed by atoms with van der Waals surface area (Å²) in [5.74, 6) is -0.935. The van der Waals surface area contributed by atoms with E-state index in [0.717, 1.165) is 11.1 Å². The van der Waals surface area contributed by atoms with Crippen LogP contribution in [0.15, 0.2) is 42.6 Å². The maximum Gasteiger partial charge on any atom is 0.335 e. The van der Waals surface area contributed by atoms with E-state index in [0.29, 0.717) is 6.54 Å². The number of benzene rings is 1. The van der Waals surface area contributed by atoms with Crippen molar-refractivity contribution in [3.8, 4) is 0 Å². The Kier molecular flexibility index (Phi) is 2.85. The number of carboxylic acids is 1. The van der Waals surface area contributed by atoms with Crippen molar-refractivity contribution < 1.29 is 15.0 Å². The summed E-state index contributed by atoms with van der Waals surface area (Å²) in [5.41, 5.74) is 2.14. The molecule has 0 aliphatic carbocycles. The fourth-order valence-corrected chi connectivity index (χ4v) is 1.55. The number of hydrogen-bond donors (Lipinski definition) is 2. The maximum absolute atomic E-state index is 11.0. The van der Waals surface area contributed by atoms with Crippen LogP contribution in [-0.2, 0) is 0 Å². The van der Waals surface area contributed by atoms with Gasteiger partial charge >= 0.3 is 5.97 Å². The van der Waals surface area contributed by atoms with Crippen LogP contribution in [0.3, 0.4) is 0 Å². The SMILES string of the molecule is O=C(O)c1ccc(C2=CC[NH+]([O-])C=C2)cc1. The van der Waals surface area contributed by atoms with E-state index in [2.05, 4.69) is 0 Å². The molecule has 1 aliphatic rings. The molecule has 1 aromatic carbocycles. The van der Waals surface area contributed by atoms with Crippen LogP contribution in [-0.4, -0.2) is 17.6 Å². The minimum absolute atomic E-state index is 0.0888. The number of quaternary nitrogens is 1. The largest absolute Gasteiger partial charge is 0.629 e. The number of hydroxylamine groups is 2. The van der Waals surface area contributed by atoms with E-state index in [9.17, 15) is 10.0 Å². The summed E-state index contributed by atoms with van der Waals surface area (Å²) in [6, 6.07) is 6.61. The highest BCUT2D eigenvalue weighted by atomic mass is 16.5. The van der Waals surface area contributed by atoms with Gasteiger partial charge in [0.2, 0.25) is 0 Å². The topological polar surface area (TPSA) is 64.8 Å². The number of rotatable bonds is 2. The summed E-state index contributed by atoms with van der Waals surface area (Å²) >= 11 is 0. The van der Waals surface area contributed by atoms with E-state index < -0.39 is 5.97 Å². The molecule has 0 fully saturated rings. The molecule has 82 valence electrons. The van der Waals surface area contributed by atoms with Crippen LogP contribution in [0.25, 0.3) is 5.57 Å². The average Bonchev–Trinajstić information content (AvgIpc) is 2.30. The van der Waals surface area contributed by atoms with Crippen molar-refractivity contribution in [2.75, 3.05) is 6.54 Å². The smallest absolute Gasteiger partial charge is 0.335 e. The third-order valence-electron chi connectivity index (χ3n) is 2.44. The molecule has 1 unspecified atom stereocenters. The van der Waals surface area contributed by atoms with E-state index in [1.54, 1.807) is 36.5 Å². The molecule has 16 heavy (non-hydrogen) atoms. The highest BCUT2D eigenvalue weighted by Gasteiger charge is 2.06. The Labute approximate surface area is 92.7 Å². The second-order valence-electron chi connectivity index (χ2n) is 3.55. The Bertz CT molecular complexity index is 460. The molecule has 0 aromatic heterocycles. The van der Waals surface area contributed by atoms with E-state index in [1.165, 1.54) is 0 Å². The van der Waals surface area contributed by atoms with Gasteiger partial charge in [-0.05, 0) is 35.4 Å². The lowest BCUT2D eigenvalue weighted by Gasteiger charge is -2.19. The minimum atomic E-state index is -0.935. The highest BCUT2D eigenvalue weighted by Crippen LogP contribution is 2.17. The second-order valence-corrected chi connectivity index (χ2v) is 3.55. The van der Waals surface area contributed by atoms with Gasteiger partial charge < -0.3 is 15.4 Å². The number of hydrogen-bond acceptors (Lipinski definition) is 2. The first-order valence-corrected chi connectivity index (χ1v) is 4.91. The number of aromatic carboxylic acids is 1. The first-order valence-electron chi connectivity index (χ1n) is 4.91. The Morgan fingerprint density at radius 1 is 1.31 bits per heavy atom. The second kappa shape index (κ2) is 4.30. The number of carboxylic acid groups (broad SMARTS) is 1. The first kappa shape index (κ1) is 10.6. The third kappa shape index (κ3) is 2.18. The fourth-order valence-electron chi connectivity index (χ4n) is 1.55. The van der Waals surface area contributed by atoms with E-state index in [-0.39, 0.29) is 10.6 Å². The molecular weight excluding hydrogens is 206 g/mol. The van der Waals surface area contributed by atoms with Gasteiger partial charge in [0.05, 0.1) is 11.8 Å². The molecular formula is C12H11NO3. The van der Waals surface area contributed by atoms with Gasteiger partial charge in [-0.15, -0.1) is 0 Å².